The Morgan fingerprint density at radius 3 is 2.84 bits per heavy atom. The van der Waals surface area contributed by atoms with Gasteiger partial charge in [-0.25, -0.2) is 8.42 Å². The number of hydrogen-bond donors (Lipinski definition) is 1. The number of nitrogens with two attached hydrogens (primary N) is 1. The molecule has 1 aromatic rings. The molecule has 2 N–H and O–H groups in total. The molecule has 19 heavy (non-hydrogen) atoms. The van der Waals surface area contributed by atoms with Crippen molar-refractivity contribution in [2.24, 2.45) is 5.73 Å². The van der Waals surface area contributed by atoms with E-state index in [-0.39, 0.29) is 17.5 Å². The Bertz CT molecular complexity index is 557. The molecule has 1 unspecified atom stereocenters. The van der Waals surface area contributed by atoms with Gasteiger partial charge in [0.05, 0.1) is 4.90 Å². The van der Waals surface area contributed by atoms with E-state index in [0.29, 0.717) is 10.6 Å². The zero-order chi connectivity index (χ0) is 14.0. The smallest absolute Gasteiger partial charge is 0.243 e. The second-order valence-corrected chi connectivity index (χ2v) is 8.05. The molecule has 7 heteroatoms. The van der Waals surface area contributed by atoms with Crippen molar-refractivity contribution in [3.8, 4) is 0 Å². The predicted octanol–water partition coefficient (Wildman–Crippen LogP) is 1.92. The summed E-state index contributed by atoms with van der Waals surface area (Å²) in [7, 11) is -1.82. The Morgan fingerprint density at radius 1 is 1.53 bits per heavy atom. The maximum Gasteiger partial charge on any atom is 0.243 e. The van der Waals surface area contributed by atoms with Crippen molar-refractivity contribution in [1.82, 2.24) is 4.31 Å². The quantitative estimate of drug-likeness (QED) is 0.920. The molecule has 0 radical (unpaired) electrons. The van der Waals surface area contributed by atoms with Crippen LogP contribution in [-0.2, 0) is 16.6 Å². The van der Waals surface area contributed by atoms with Gasteiger partial charge in [0.25, 0.3) is 0 Å². The van der Waals surface area contributed by atoms with Crippen LogP contribution in [0.15, 0.2) is 23.1 Å². The van der Waals surface area contributed by atoms with E-state index < -0.39 is 10.0 Å². The van der Waals surface area contributed by atoms with E-state index >= 15 is 0 Å². The van der Waals surface area contributed by atoms with Crippen LogP contribution in [0, 0.1) is 0 Å². The van der Waals surface area contributed by atoms with Gasteiger partial charge < -0.3 is 5.73 Å². The lowest BCUT2D eigenvalue weighted by molar-refractivity contribution is 0.394. The van der Waals surface area contributed by atoms with Gasteiger partial charge in [-0.3, -0.25) is 0 Å². The number of nitrogens with zero attached hydrogens (tertiary/aromatic N) is 1. The molecule has 4 nitrogen and oxygen atoms in total. The molecule has 0 aromatic heterocycles. The molecule has 1 saturated heterocycles. The summed E-state index contributed by atoms with van der Waals surface area (Å²) in [5.41, 5.74) is 6.21. The van der Waals surface area contributed by atoms with Crippen molar-refractivity contribution in [1.29, 1.82) is 0 Å². The Hall–Kier alpha value is -0.270. The van der Waals surface area contributed by atoms with Crippen LogP contribution in [-0.4, -0.2) is 37.3 Å². The number of rotatable bonds is 4. The normalized spacial score (nSPS) is 20.1. The molecule has 0 bridgehead atoms. The van der Waals surface area contributed by atoms with Crippen LogP contribution in [0.5, 0.6) is 0 Å². The molecule has 0 amide bonds. The summed E-state index contributed by atoms with van der Waals surface area (Å²) in [6.45, 7) is 0.227. The summed E-state index contributed by atoms with van der Waals surface area (Å²) in [5, 5.41) is 0.500. The predicted molar refractivity (Wildman–Crippen MR) is 80.0 cm³/mol. The number of thioether (sulfide) groups is 1. The lowest BCUT2D eigenvalue weighted by atomic mass is 10.2. The molecule has 1 aliphatic rings. The van der Waals surface area contributed by atoms with Crippen LogP contribution in [0.3, 0.4) is 0 Å². The fourth-order valence-electron chi connectivity index (χ4n) is 2.04. The third-order valence-corrected chi connectivity index (χ3v) is 6.75. The summed E-state index contributed by atoms with van der Waals surface area (Å²) in [6, 6.07) is 4.77. The fourth-order valence-corrected chi connectivity index (χ4v) is 5.03. The Morgan fingerprint density at radius 2 is 2.26 bits per heavy atom. The summed E-state index contributed by atoms with van der Waals surface area (Å²) < 4.78 is 26.5. The molecule has 1 heterocycles. The summed E-state index contributed by atoms with van der Waals surface area (Å²) in [4.78, 5) is 0.261. The lowest BCUT2D eigenvalue weighted by Gasteiger charge is -2.23. The molecule has 1 fully saturated rings. The first-order valence-corrected chi connectivity index (χ1v) is 8.98. The zero-order valence-electron chi connectivity index (χ0n) is 10.7. The van der Waals surface area contributed by atoms with E-state index in [1.54, 1.807) is 30.9 Å². The fraction of sp³-hybridized carbons (Fsp3) is 0.500. The van der Waals surface area contributed by atoms with Gasteiger partial charge in [-0.05, 0) is 35.9 Å². The molecule has 2 rings (SSSR count). The maximum atomic E-state index is 12.5. The van der Waals surface area contributed by atoms with Crippen molar-refractivity contribution in [2.75, 3.05) is 18.6 Å². The highest BCUT2D eigenvalue weighted by Gasteiger charge is 2.30. The molecule has 106 valence electrons. The number of benzene rings is 1. The van der Waals surface area contributed by atoms with Crippen LogP contribution in [0.4, 0.5) is 0 Å². The second kappa shape index (κ2) is 6.01. The third kappa shape index (κ3) is 3.08. The van der Waals surface area contributed by atoms with Crippen molar-refractivity contribution in [2.45, 2.75) is 23.9 Å². The topological polar surface area (TPSA) is 63.4 Å². The standard InChI is InChI=1S/C12H17ClN2O2S2/c1-15(10-4-5-18-8-10)19(16,17)11-2-3-12(13)9(6-11)7-14/h2-3,6,10H,4-5,7-8,14H2,1H3. The van der Waals surface area contributed by atoms with Crippen molar-refractivity contribution in [3.05, 3.63) is 28.8 Å². The minimum atomic E-state index is -3.47. The molecule has 0 aliphatic carbocycles. The molecule has 1 atom stereocenters. The summed E-state index contributed by atoms with van der Waals surface area (Å²) in [6.07, 6.45) is 0.901. The number of sulfonamides is 1. The van der Waals surface area contributed by atoms with Gasteiger partial charge >= 0.3 is 0 Å². The van der Waals surface area contributed by atoms with Crippen LogP contribution in [0.2, 0.25) is 5.02 Å². The SMILES string of the molecule is CN(C1CCSC1)S(=O)(=O)c1ccc(Cl)c(CN)c1. The van der Waals surface area contributed by atoms with E-state index in [2.05, 4.69) is 0 Å². The maximum absolute atomic E-state index is 12.5. The first-order valence-electron chi connectivity index (χ1n) is 6.01. The van der Waals surface area contributed by atoms with Gasteiger partial charge in [0.2, 0.25) is 10.0 Å². The minimum absolute atomic E-state index is 0.0759. The average Bonchev–Trinajstić information content (AvgIpc) is 2.91. The highest BCUT2D eigenvalue weighted by molar-refractivity contribution is 7.99. The molecule has 1 aromatic carbocycles. The van der Waals surface area contributed by atoms with Gasteiger partial charge in [0, 0.05) is 30.4 Å². The third-order valence-electron chi connectivity index (χ3n) is 3.33. The minimum Gasteiger partial charge on any atom is -0.326 e. The van der Waals surface area contributed by atoms with Crippen LogP contribution in [0.25, 0.3) is 0 Å². The zero-order valence-corrected chi connectivity index (χ0v) is 13.1. The monoisotopic (exact) mass is 320 g/mol. The van der Waals surface area contributed by atoms with Gasteiger partial charge in [-0.1, -0.05) is 11.6 Å². The second-order valence-electron chi connectivity index (χ2n) is 4.50. The van der Waals surface area contributed by atoms with E-state index in [4.69, 9.17) is 17.3 Å². The van der Waals surface area contributed by atoms with Gasteiger partial charge in [-0.2, -0.15) is 16.1 Å². The highest BCUT2D eigenvalue weighted by Crippen LogP contribution is 2.27. The molecular formula is C12H17ClN2O2S2. The molecule has 0 spiro atoms. The lowest BCUT2D eigenvalue weighted by Crippen LogP contribution is -2.37. The van der Waals surface area contributed by atoms with E-state index in [9.17, 15) is 8.42 Å². The van der Waals surface area contributed by atoms with Crippen LogP contribution < -0.4 is 5.73 Å². The van der Waals surface area contributed by atoms with Gasteiger partial charge in [0.1, 0.15) is 0 Å². The van der Waals surface area contributed by atoms with Gasteiger partial charge in [0.15, 0.2) is 0 Å². The first kappa shape index (κ1) is 15.1. The van der Waals surface area contributed by atoms with E-state index in [0.717, 1.165) is 17.9 Å². The molecule has 0 saturated carbocycles. The number of hydrogen-bond acceptors (Lipinski definition) is 4. The van der Waals surface area contributed by atoms with E-state index in [1.165, 1.54) is 10.4 Å². The van der Waals surface area contributed by atoms with Crippen LogP contribution in [0.1, 0.15) is 12.0 Å². The first-order chi connectivity index (χ1) is 8.96. The van der Waals surface area contributed by atoms with Crippen molar-refractivity contribution < 1.29 is 8.42 Å². The summed E-state index contributed by atoms with van der Waals surface area (Å²) in [5.74, 6) is 1.87. The van der Waals surface area contributed by atoms with Crippen molar-refractivity contribution in [3.63, 3.8) is 0 Å². The largest absolute Gasteiger partial charge is 0.326 e. The Kier molecular flexibility index (Phi) is 4.79. The molecular weight excluding hydrogens is 304 g/mol. The van der Waals surface area contributed by atoms with E-state index in [1.807, 2.05) is 0 Å². The van der Waals surface area contributed by atoms with Gasteiger partial charge in [-0.15, -0.1) is 0 Å². The number of halogens is 1. The summed E-state index contributed by atoms with van der Waals surface area (Å²) >= 11 is 7.75. The Labute approximate surface area is 123 Å². The average molecular weight is 321 g/mol. The molecule has 1 aliphatic heterocycles. The van der Waals surface area contributed by atoms with Crippen molar-refractivity contribution >= 4 is 33.4 Å². The highest BCUT2D eigenvalue weighted by atomic mass is 35.5. The van der Waals surface area contributed by atoms with Crippen LogP contribution >= 0.6 is 23.4 Å². The Balaban J connectivity index is 2.33.